The van der Waals surface area contributed by atoms with Gasteiger partial charge in [-0.1, -0.05) is 39.0 Å². The van der Waals surface area contributed by atoms with Crippen molar-refractivity contribution in [1.82, 2.24) is 14.8 Å². The molecule has 22 heavy (non-hydrogen) atoms. The molecule has 6 nitrogen and oxygen atoms in total. The maximum absolute atomic E-state index is 13.2. The third-order valence-electron chi connectivity index (χ3n) is 4.06. The molecular weight excluding hydrogens is 282 g/mol. The fourth-order valence-electron chi connectivity index (χ4n) is 2.92. The van der Waals surface area contributed by atoms with Gasteiger partial charge in [0, 0.05) is 11.0 Å². The first-order valence-corrected chi connectivity index (χ1v) is 7.12. The third-order valence-corrected chi connectivity index (χ3v) is 4.06. The highest BCUT2D eigenvalue weighted by Crippen LogP contribution is 2.52. The lowest BCUT2D eigenvalue weighted by Gasteiger charge is -2.40. The maximum atomic E-state index is 13.2. The summed E-state index contributed by atoms with van der Waals surface area (Å²) in [5, 5.41) is 15.3. The van der Waals surface area contributed by atoms with Gasteiger partial charge in [0.1, 0.15) is 18.4 Å². The number of aromatic nitrogens is 3. The van der Waals surface area contributed by atoms with Crippen molar-refractivity contribution in [3.63, 3.8) is 0 Å². The summed E-state index contributed by atoms with van der Waals surface area (Å²) >= 11 is 0. The second kappa shape index (κ2) is 4.39. The molecule has 1 aliphatic heterocycles. The molecule has 2 aromatic rings. The molecule has 3 rings (SSSR count). The summed E-state index contributed by atoms with van der Waals surface area (Å²) < 4.78 is 7.31. The van der Waals surface area contributed by atoms with Crippen LogP contribution in [0.1, 0.15) is 33.3 Å². The van der Waals surface area contributed by atoms with Crippen LogP contribution in [-0.2, 0) is 16.1 Å². The quantitative estimate of drug-likeness (QED) is 0.916. The minimum absolute atomic E-state index is 0.272. The third kappa shape index (κ3) is 1.73. The van der Waals surface area contributed by atoms with Gasteiger partial charge in [-0.2, -0.15) is 5.10 Å². The van der Waals surface area contributed by atoms with Crippen molar-refractivity contribution in [2.45, 2.75) is 39.0 Å². The summed E-state index contributed by atoms with van der Waals surface area (Å²) in [5.41, 5.74) is -3.42. The van der Waals surface area contributed by atoms with Gasteiger partial charge in [0.05, 0.1) is 0 Å². The van der Waals surface area contributed by atoms with Gasteiger partial charge in [0.15, 0.2) is 5.60 Å². The Kier molecular flexibility index (Phi) is 2.94. The van der Waals surface area contributed by atoms with E-state index in [0.29, 0.717) is 11.3 Å². The number of Topliss-reactive ketones (excluding diaryl/α,β-unsaturated/α-hetero) is 1. The summed E-state index contributed by atoms with van der Waals surface area (Å²) in [6.45, 7) is 6.94. The average Bonchev–Trinajstić information content (AvgIpc) is 3.03. The number of hydrogen-bond donors (Lipinski definition) is 1. The van der Waals surface area contributed by atoms with E-state index in [2.05, 4.69) is 10.1 Å². The molecule has 0 radical (unpaired) electrons. The van der Waals surface area contributed by atoms with Crippen molar-refractivity contribution >= 4 is 5.78 Å². The van der Waals surface area contributed by atoms with Crippen molar-refractivity contribution in [3.8, 4) is 5.75 Å². The number of hydrogen-bond acceptors (Lipinski definition) is 5. The zero-order valence-electron chi connectivity index (χ0n) is 13.1. The standard InChI is InChI=1S/C16H19N3O3/c1-14(2,3)13(20)16(19-10-17-9-18-19)15(4,21)11-7-5-6-8-12(11)22-16/h5-10,21H,1-4H3/t15-,16-/m1/s1. The lowest BCUT2D eigenvalue weighted by molar-refractivity contribution is -0.189. The van der Waals surface area contributed by atoms with Gasteiger partial charge in [-0.3, -0.25) is 4.79 Å². The van der Waals surface area contributed by atoms with E-state index in [9.17, 15) is 9.90 Å². The van der Waals surface area contributed by atoms with Gasteiger partial charge >= 0.3 is 0 Å². The Morgan fingerprint density at radius 1 is 1.32 bits per heavy atom. The summed E-state index contributed by atoms with van der Waals surface area (Å²) in [4.78, 5) is 17.1. The smallest absolute Gasteiger partial charge is 0.295 e. The van der Waals surface area contributed by atoms with Crippen molar-refractivity contribution in [1.29, 1.82) is 0 Å². The number of benzene rings is 1. The molecule has 0 aliphatic carbocycles. The number of nitrogens with zero attached hydrogens (tertiary/aromatic N) is 3. The van der Waals surface area contributed by atoms with Crippen molar-refractivity contribution < 1.29 is 14.6 Å². The normalized spacial score (nSPS) is 27.3. The highest BCUT2D eigenvalue weighted by molar-refractivity contribution is 5.92. The molecule has 0 spiro atoms. The molecule has 1 aromatic heterocycles. The first-order valence-electron chi connectivity index (χ1n) is 7.12. The van der Waals surface area contributed by atoms with Gasteiger partial charge in [0.2, 0.25) is 5.78 Å². The Bertz CT molecular complexity index is 716. The average molecular weight is 301 g/mol. The Morgan fingerprint density at radius 2 is 2.00 bits per heavy atom. The molecule has 2 atom stereocenters. The zero-order valence-corrected chi connectivity index (χ0v) is 13.1. The van der Waals surface area contributed by atoms with Crippen LogP contribution in [0.5, 0.6) is 5.75 Å². The lowest BCUT2D eigenvalue weighted by atomic mass is 9.75. The molecule has 2 heterocycles. The van der Waals surface area contributed by atoms with Crippen LogP contribution in [0.25, 0.3) is 0 Å². The Labute approximate surface area is 128 Å². The minimum Gasteiger partial charge on any atom is -0.455 e. The number of carbonyl (C=O) groups is 1. The van der Waals surface area contributed by atoms with E-state index in [1.807, 2.05) is 0 Å². The molecule has 0 bridgehead atoms. The summed E-state index contributed by atoms with van der Waals surface area (Å²) in [6, 6.07) is 7.09. The van der Waals surface area contributed by atoms with E-state index < -0.39 is 16.7 Å². The van der Waals surface area contributed by atoms with Crippen molar-refractivity contribution in [3.05, 3.63) is 42.5 Å². The summed E-state index contributed by atoms with van der Waals surface area (Å²) in [6.07, 6.45) is 2.71. The van der Waals surface area contributed by atoms with E-state index in [4.69, 9.17) is 4.74 Å². The van der Waals surface area contributed by atoms with Crippen molar-refractivity contribution in [2.24, 2.45) is 5.41 Å². The molecule has 1 aliphatic rings. The predicted molar refractivity (Wildman–Crippen MR) is 79.1 cm³/mol. The highest BCUT2D eigenvalue weighted by Gasteiger charge is 2.65. The van der Waals surface area contributed by atoms with Crippen LogP contribution >= 0.6 is 0 Å². The van der Waals surface area contributed by atoms with Crippen molar-refractivity contribution in [2.75, 3.05) is 0 Å². The molecule has 1 N–H and O–H groups in total. The Balaban J connectivity index is 2.29. The second-order valence-electron chi connectivity index (χ2n) is 6.73. The predicted octanol–water partition coefficient (Wildman–Crippen LogP) is 1.85. The highest BCUT2D eigenvalue weighted by atomic mass is 16.6. The van der Waals surface area contributed by atoms with Gasteiger partial charge in [-0.05, 0) is 13.0 Å². The molecule has 1 aromatic carbocycles. The topological polar surface area (TPSA) is 77.2 Å². The van der Waals surface area contributed by atoms with E-state index in [1.165, 1.54) is 17.3 Å². The summed E-state index contributed by atoms with van der Waals surface area (Å²) in [5.74, 6) is 0.201. The second-order valence-corrected chi connectivity index (χ2v) is 6.73. The van der Waals surface area contributed by atoms with E-state index in [0.717, 1.165) is 0 Å². The number of carbonyl (C=O) groups excluding carboxylic acids is 1. The maximum Gasteiger partial charge on any atom is 0.295 e. The lowest BCUT2D eigenvalue weighted by Crippen LogP contribution is -2.61. The molecule has 116 valence electrons. The SMILES string of the molecule is CC(C)(C)C(=O)[C@@]1(n2cncn2)Oc2ccccc2[C@@]1(C)O. The number of fused-ring (bicyclic) bond motifs is 1. The van der Waals surface area contributed by atoms with Crippen LogP contribution < -0.4 is 4.74 Å². The summed E-state index contributed by atoms with van der Waals surface area (Å²) in [7, 11) is 0. The first kappa shape index (κ1) is 14.7. The van der Waals surface area contributed by atoms with Gasteiger partial charge in [-0.15, -0.1) is 0 Å². The molecule has 0 amide bonds. The number of rotatable bonds is 2. The molecule has 0 unspecified atom stereocenters. The number of aliphatic hydroxyl groups is 1. The molecule has 0 saturated carbocycles. The van der Waals surface area contributed by atoms with Crippen LogP contribution in [0.3, 0.4) is 0 Å². The van der Waals surface area contributed by atoms with Crippen LogP contribution in [0, 0.1) is 5.41 Å². The van der Waals surface area contributed by atoms with Gasteiger partial charge < -0.3 is 9.84 Å². The van der Waals surface area contributed by atoms with Gasteiger partial charge in [-0.25, -0.2) is 9.67 Å². The number of para-hydroxylation sites is 1. The van der Waals surface area contributed by atoms with Crippen LogP contribution in [0.15, 0.2) is 36.9 Å². The van der Waals surface area contributed by atoms with Crippen LogP contribution in [0.2, 0.25) is 0 Å². The molecular formula is C16H19N3O3. The fraction of sp³-hybridized carbons (Fsp3) is 0.438. The Hall–Kier alpha value is -2.21. The van der Waals surface area contributed by atoms with Crippen LogP contribution in [0.4, 0.5) is 0 Å². The van der Waals surface area contributed by atoms with E-state index >= 15 is 0 Å². The first-order chi connectivity index (χ1) is 10.2. The minimum atomic E-state index is -1.68. The molecule has 6 heteroatoms. The fourth-order valence-corrected chi connectivity index (χ4v) is 2.92. The number of ether oxygens (including phenoxy) is 1. The Morgan fingerprint density at radius 3 is 2.55 bits per heavy atom. The largest absolute Gasteiger partial charge is 0.455 e. The molecule has 0 fully saturated rings. The zero-order chi connectivity index (χ0) is 16.2. The van der Waals surface area contributed by atoms with Crippen LogP contribution in [-0.4, -0.2) is 25.7 Å². The monoisotopic (exact) mass is 301 g/mol. The van der Waals surface area contributed by atoms with E-state index in [-0.39, 0.29) is 5.78 Å². The van der Waals surface area contributed by atoms with E-state index in [1.54, 1.807) is 52.0 Å². The molecule has 0 saturated heterocycles. The number of ketones is 1. The van der Waals surface area contributed by atoms with Gasteiger partial charge in [0.25, 0.3) is 5.72 Å².